The maximum absolute atomic E-state index is 13.5. The molecule has 3 aromatic rings. The molecule has 0 aliphatic carbocycles. The van der Waals surface area contributed by atoms with Gasteiger partial charge in [0.15, 0.2) is 11.5 Å². The number of para-hydroxylation sites is 1. The van der Waals surface area contributed by atoms with Crippen molar-refractivity contribution < 1.29 is 22.6 Å². The van der Waals surface area contributed by atoms with Crippen LogP contribution in [0, 0.1) is 0 Å². The predicted octanol–water partition coefficient (Wildman–Crippen LogP) is 4.25. The van der Waals surface area contributed by atoms with Crippen LogP contribution in [-0.4, -0.2) is 23.1 Å². The van der Waals surface area contributed by atoms with E-state index < -0.39 is 11.7 Å². The average Bonchev–Trinajstić information content (AvgIpc) is 3.36. The molecular weight excluding hydrogens is 359 g/mol. The molecule has 0 atom stereocenters. The Hall–Kier alpha value is -3.16. The van der Waals surface area contributed by atoms with Gasteiger partial charge in [-0.15, -0.1) is 0 Å². The molecule has 2 aliphatic rings. The Bertz CT molecular complexity index is 1040. The number of nitrogens with zero attached hydrogens (tertiary/aromatic N) is 2. The number of ether oxygens (including phenoxy) is 2. The maximum atomic E-state index is 13.5. The molecule has 27 heavy (non-hydrogen) atoms. The van der Waals surface area contributed by atoms with Gasteiger partial charge in [-0.2, -0.15) is 18.3 Å². The Morgan fingerprint density at radius 1 is 1.04 bits per heavy atom. The predicted molar refractivity (Wildman–Crippen MR) is 92.3 cm³/mol. The minimum Gasteiger partial charge on any atom is -0.454 e. The molecule has 0 saturated carbocycles. The van der Waals surface area contributed by atoms with Crippen molar-refractivity contribution in [3.05, 3.63) is 53.6 Å². The number of rotatable bonds is 2. The number of nitrogens with one attached hydrogen (secondary N) is 1. The van der Waals surface area contributed by atoms with Gasteiger partial charge < -0.3 is 14.8 Å². The van der Waals surface area contributed by atoms with Crippen molar-refractivity contribution >= 4 is 5.82 Å². The largest absolute Gasteiger partial charge is 0.454 e. The van der Waals surface area contributed by atoms with E-state index >= 15 is 0 Å². The third kappa shape index (κ3) is 2.51. The lowest BCUT2D eigenvalue weighted by molar-refractivity contribution is -0.137. The first-order valence-corrected chi connectivity index (χ1v) is 8.45. The summed E-state index contributed by atoms with van der Waals surface area (Å²) in [4.78, 5) is 0. The van der Waals surface area contributed by atoms with Crippen LogP contribution in [-0.2, 0) is 12.6 Å². The van der Waals surface area contributed by atoms with Crippen LogP contribution < -0.4 is 14.8 Å². The van der Waals surface area contributed by atoms with Crippen LogP contribution >= 0.6 is 0 Å². The zero-order valence-electron chi connectivity index (χ0n) is 14.0. The third-order valence-corrected chi connectivity index (χ3v) is 4.73. The lowest BCUT2D eigenvalue weighted by atomic mass is 10.1. The van der Waals surface area contributed by atoms with Crippen molar-refractivity contribution in [2.24, 2.45) is 0 Å². The summed E-state index contributed by atoms with van der Waals surface area (Å²) in [5, 5.41) is 7.70. The molecule has 1 aromatic heterocycles. The lowest BCUT2D eigenvalue weighted by Crippen LogP contribution is -2.13. The van der Waals surface area contributed by atoms with E-state index in [1.165, 1.54) is 16.8 Å². The van der Waals surface area contributed by atoms with Gasteiger partial charge in [0.05, 0.1) is 16.9 Å². The van der Waals surface area contributed by atoms with Gasteiger partial charge in [0, 0.05) is 17.7 Å². The van der Waals surface area contributed by atoms with Crippen LogP contribution in [0.25, 0.3) is 16.9 Å². The molecule has 5 nitrogen and oxygen atoms in total. The van der Waals surface area contributed by atoms with E-state index in [0.717, 1.165) is 17.2 Å². The SMILES string of the molecule is FC(F)(F)c1ccccc1-n1nc(-c2ccc3c(c2)OCO3)c2c1NCC2. The Labute approximate surface area is 152 Å². The molecule has 0 fully saturated rings. The Morgan fingerprint density at radius 3 is 2.70 bits per heavy atom. The van der Waals surface area contributed by atoms with E-state index in [1.54, 1.807) is 12.1 Å². The highest BCUT2D eigenvalue weighted by Gasteiger charge is 2.35. The molecule has 0 radical (unpaired) electrons. The quantitative estimate of drug-likeness (QED) is 0.729. The van der Waals surface area contributed by atoms with Crippen LogP contribution in [0.15, 0.2) is 42.5 Å². The van der Waals surface area contributed by atoms with Gasteiger partial charge in [-0.3, -0.25) is 0 Å². The van der Waals surface area contributed by atoms with Crippen LogP contribution in [0.3, 0.4) is 0 Å². The Balaban J connectivity index is 1.68. The number of fused-ring (bicyclic) bond motifs is 2. The van der Waals surface area contributed by atoms with Gasteiger partial charge in [-0.05, 0) is 36.8 Å². The van der Waals surface area contributed by atoms with Gasteiger partial charge in [-0.25, -0.2) is 4.68 Å². The lowest BCUT2D eigenvalue weighted by Gasteiger charge is -2.14. The molecule has 138 valence electrons. The number of halogens is 3. The molecule has 2 aromatic carbocycles. The first-order chi connectivity index (χ1) is 13.0. The molecule has 0 bridgehead atoms. The van der Waals surface area contributed by atoms with E-state index in [0.29, 0.717) is 36.0 Å². The number of hydrogen-bond donors (Lipinski definition) is 1. The summed E-state index contributed by atoms with van der Waals surface area (Å²) in [5.74, 6) is 1.85. The van der Waals surface area contributed by atoms with E-state index in [2.05, 4.69) is 10.4 Å². The maximum Gasteiger partial charge on any atom is 0.418 e. The highest BCUT2D eigenvalue weighted by molar-refractivity contribution is 5.75. The second kappa shape index (κ2) is 5.67. The van der Waals surface area contributed by atoms with Crippen LogP contribution in [0.2, 0.25) is 0 Å². The fourth-order valence-corrected chi connectivity index (χ4v) is 3.52. The molecule has 0 spiro atoms. The summed E-state index contributed by atoms with van der Waals surface area (Å²) in [6.45, 7) is 0.810. The molecule has 0 unspecified atom stereocenters. The summed E-state index contributed by atoms with van der Waals surface area (Å²) in [5.41, 5.74) is 1.60. The van der Waals surface area contributed by atoms with Gasteiger partial charge >= 0.3 is 6.18 Å². The molecule has 5 rings (SSSR count). The van der Waals surface area contributed by atoms with Crippen molar-refractivity contribution in [2.45, 2.75) is 12.6 Å². The fourth-order valence-electron chi connectivity index (χ4n) is 3.52. The van der Waals surface area contributed by atoms with E-state index in [1.807, 2.05) is 12.1 Å². The summed E-state index contributed by atoms with van der Waals surface area (Å²) >= 11 is 0. The first kappa shape index (κ1) is 16.0. The summed E-state index contributed by atoms with van der Waals surface area (Å²) < 4.78 is 52.5. The zero-order valence-corrected chi connectivity index (χ0v) is 14.0. The van der Waals surface area contributed by atoms with Crippen LogP contribution in [0.5, 0.6) is 11.5 Å². The summed E-state index contributed by atoms with van der Waals surface area (Å²) in [6.07, 6.45) is -3.78. The van der Waals surface area contributed by atoms with Crippen molar-refractivity contribution in [1.29, 1.82) is 0 Å². The molecular formula is C19H14F3N3O2. The van der Waals surface area contributed by atoms with Crippen molar-refractivity contribution in [1.82, 2.24) is 9.78 Å². The first-order valence-electron chi connectivity index (χ1n) is 8.45. The molecule has 1 N–H and O–H groups in total. The normalized spacial score (nSPS) is 14.9. The van der Waals surface area contributed by atoms with Gasteiger partial charge in [0.25, 0.3) is 0 Å². The molecule has 0 amide bonds. The second-order valence-corrected chi connectivity index (χ2v) is 6.35. The highest BCUT2D eigenvalue weighted by Crippen LogP contribution is 2.41. The third-order valence-electron chi connectivity index (χ3n) is 4.73. The van der Waals surface area contributed by atoms with E-state index in [9.17, 15) is 13.2 Å². The van der Waals surface area contributed by atoms with Crippen LogP contribution in [0.1, 0.15) is 11.1 Å². The van der Waals surface area contributed by atoms with E-state index in [-0.39, 0.29) is 12.5 Å². The van der Waals surface area contributed by atoms with Crippen molar-refractivity contribution in [3.63, 3.8) is 0 Å². The van der Waals surface area contributed by atoms with Crippen molar-refractivity contribution in [3.8, 4) is 28.4 Å². The van der Waals surface area contributed by atoms with Crippen molar-refractivity contribution in [2.75, 3.05) is 18.7 Å². The molecule has 8 heteroatoms. The topological polar surface area (TPSA) is 48.3 Å². The number of benzene rings is 2. The average molecular weight is 373 g/mol. The smallest absolute Gasteiger partial charge is 0.418 e. The number of hydrogen-bond acceptors (Lipinski definition) is 4. The second-order valence-electron chi connectivity index (χ2n) is 6.35. The standard InChI is InChI=1S/C19H14F3N3O2/c20-19(21,22)13-3-1-2-4-14(13)25-18-12(7-8-23-18)17(24-25)11-5-6-15-16(9-11)27-10-26-15/h1-6,9,23H,7-8,10H2. The van der Waals surface area contributed by atoms with Gasteiger partial charge in [0.2, 0.25) is 6.79 Å². The monoisotopic (exact) mass is 373 g/mol. The highest BCUT2D eigenvalue weighted by atomic mass is 19.4. The Kier molecular flexibility index (Phi) is 3.37. The minimum atomic E-state index is -4.47. The summed E-state index contributed by atoms with van der Waals surface area (Å²) in [6, 6.07) is 10.9. The van der Waals surface area contributed by atoms with Crippen LogP contribution in [0.4, 0.5) is 19.0 Å². The molecule has 0 saturated heterocycles. The number of aromatic nitrogens is 2. The van der Waals surface area contributed by atoms with Gasteiger partial charge in [0.1, 0.15) is 5.82 Å². The number of alkyl halides is 3. The molecule has 2 aliphatic heterocycles. The van der Waals surface area contributed by atoms with Gasteiger partial charge in [-0.1, -0.05) is 12.1 Å². The fraction of sp³-hybridized carbons (Fsp3) is 0.211. The zero-order chi connectivity index (χ0) is 18.6. The Morgan fingerprint density at radius 2 is 1.85 bits per heavy atom. The minimum absolute atomic E-state index is 0.00245. The number of anilines is 1. The summed E-state index contributed by atoms with van der Waals surface area (Å²) in [7, 11) is 0. The molecule has 3 heterocycles. The van der Waals surface area contributed by atoms with E-state index in [4.69, 9.17) is 9.47 Å².